The Bertz CT molecular complexity index is 983. The molecule has 4 bridgehead atoms. The van der Waals surface area contributed by atoms with Crippen LogP contribution in [0.15, 0.2) is 42.5 Å². The summed E-state index contributed by atoms with van der Waals surface area (Å²) in [6.45, 7) is 4.29. The van der Waals surface area contributed by atoms with Gasteiger partial charge in [0.25, 0.3) is 0 Å². The number of fused-ring (bicyclic) bond motifs is 3. The lowest BCUT2D eigenvalue weighted by Gasteiger charge is -2.57. The third-order valence-corrected chi connectivity index (χ3v) is 7.86. The zero-order valence-electron chi connectivity index (χ0n) is 16.8. The number of aryl methyl sites for hydroxylation is 1. The maximum atomic E-state index is 4.07. The molecule has 0 unspecified atom stereocenters. The highest BCUT2D eigenvalue weighted by molar-refractivity contribution is 6.08. The van der Waals surface area contributed by atoms with E-state index in [9.17, 15) is 0 Å². The summed E-state index contributed by atoms with van der Waals surface area (Å²) in [7, 11) is 0. The van der Waals surface area contributed by atoms with Gasteiger partial charge in [-0.25, -0.2) is 0 Å². The third kappa shape index (κ3) is 2.80. The minimum Gasteiger partial charge on any atom is -1.00 e. The van der Waals surface area contributed by atoms with E-state index in [1.165, 1.54) is 65.9 Å². The maximum absolute atomic E-state index is 4.07. The molecule has 0 radical (unpaired) electrons. The van der Waals surface area contributed by atoms with Crippen molar-refractivity contribution in [3.8, 4) is 0 Å². The van der Waals surface area contributed by atoms with Crippen molar-refractivity contribution in [3.63, 3.8) is 0 Å². The molecule has 4 fully saturated rings. The molecule has 2 nitrogen and oxygen atoms in total. The standard InChI is InChI=1S/C25H30N2.ClH/c1-2-27-23-6-4-3-5-21(23)22-12-17(7-8-24(22)27)16-26-25-13-18-9-19(14-25)11-20(10-18)15-25;/h3-8,12,18-20,26H,2,9-11,13-16H2,1H3;1H/p-1. The first-order chi connectivity index (χ1) is 13.2. The van der Waals surface area contributed by atoms with Gasteiger partial charge < -0.3 is 22.3 Å². The van der Waals surface area contributed by atoms with Gasteiger partial charge in [0, 0.05) is 40.4 Å². The van der Waals surface area contributed by atoms with Crippen LogP contribution in [-0.4, -0.2) is 10.1 Å². The summed E-state index contributed by atoms with van der Waals surface area (Å²) in [6.07, 6.45) is 8.83. The Balaban J connectivity index is 0.00000171. The maximum Gasteiger partial charge on any atom is 0.0491 e. The molecule has 0 amide bonds. The second kappa shape index (κ2) is 6.78. The fraction of sp³-hybridized carbons (Fsp3) is 0.520. The average molecular weight is 394 g/mol. The predicted molar refractivity (Wildman–Crippen MR) is 113 cm³/mol. The van der Waals surface area contributed by atoms with Gasteiger partial charge in [0.2, 0.25) is 0 Å². The van der Waals surface area contributed by atoms with E-state index in [1.54, 1.807) is 0 Å². The highest BCUT2D eigenvalue weighted by Gasteiger charge is 2.50. The SMILES string of the molecule is CCn1c2ccccc2c2cc(CNC34CC5CC(CC(C5)C3)C4)ccc21.[Cl-]. The summed E-state index contributed by atoms with van der Waals surface area (Å²) < 4.78 is 2.45. The van der Waals surface area contributed by atoms with Gasteiger partial charge in [-0.3, -0.25) is 0 Å². The minimum absolute atomic E-state index is 0. The van der Waals surface area contributed by atoms with Crippen molar-refractivity contribution in [2.75, 3.05) is 0 Å². The minimum atomic E-state index is 0. The molecule has 2 aromatic carbocycles. The van der Waals surface area contributed by atoms with E-state index < -0.39 is 0 Å². The van der Waals surface area contributed by atoms with Crippen molar-refractivity contribution in [1.29, 1.82) is 0 Å². The van der Waals surface area contributed by atoms with E-state index in [2.05, 4.69) is 59.3 Å². The first-order valence-corrected chi connectivity index (χ1v) is 11.0. The van der Waals surface area contributed by atoms with Gasteiger partial charge in [-0.15, -0.1) is 0 Å². The lowest BCUT2D eigenvalue weighted by Crippen LogP contribution is -3.00. The van der Waals surface area contributed by atoms with Gasteiger partial charge in [0.15, 0.2) is 0 Å². The van der Waals surface area contributed by atoms with Crippen molar-refractivity contribution >= 4 is 21.8 Å². The van der Waals surface area contributed by atoms with Crippen LogP contribution in [0.1, 0.15) is 51.0 Å². The molecule has 1 N–H and O–H groups in total. The molecule has 4 aliphatic carbocycles. The molecular weight excluding hydrogens is 364 g/mol. The number of nitrogens with zero attached hydrogens (tertiary/aromatic N) is 1. The lowest BCUT2D eigenvalue weighted by atomic mass is 9.53. The number of hydrogen-bond donors (Lipinski definition) is 1. The van der Waals surface area contributed by atoms with Crippen molar-refractivity contribution in [2.24, 2.45) is 17.8 Å². The van der Waals surface area contributed by atoms with Crippen molar-refractivity contribution in [1.82, 2.24) is 9.88 Å². The van der Waals surface area contributed by atoms with E-state index in [0.29, 0.717) is 5.54 Å². The number of hydrogen-bond acceptors (Lipinski definition) is 1. The molecule has 4 aliphatic rings. The first kappa shape index (κ1) is 18.5. The lowest BCUT2D eigenvalue weighted by molar-refractivity contribution is -0.0206. The molecule has 1 heterocycles. The second-order valence-corrected chi connectivity index (χ2v) is 9.66. The first-order valence-electron chi connectivity index (χ1n) is 11.0. The number of para-hydroxylation sites is 1. The van der Waals surface area contributed by atoms with Crippen LogP contribution in [0.3, 0.4) is 0 Å². The van der Waals surface area contributed by atoms with Gasteiger partial charge in [-0.2, -0.15) is 0 Å². The number of aromatic nitrogens is 1. The van der Waals surface area contributed by atoms with E-state index >= 15 is 0 Å². The second-order valence-electron chi connectivity index (χ2n) is 9.66. The van der Waals surface area contributed by atoms with Crippen molar-refractivity contribution in [3.05, 3.63) is 48.0 Å². The average Bonchev–Trinajstić information content (AvgIpc) is 2.98. The molecule has 3 aromatic rings. The molecule has 0 saturated heterocycles. The summed E-state index contributed by atoms with van der Waals surface area (Å²) >= 11 is 0. The normalized spacial score (nSPS) is 30.8. The summed E-state index contributed by atoms with van der Waals surface area (Å²) in [5.74, 6) is 3.02. The predicted octanol–water partition coefficient (Wildman–Crippen LogP) is 2.88. The van der Waals surface area contributed by atoms with Crippen LogP contribution in [0.2, 0.25) is 0 Å². The Hall–Kier alpha value is -1.51. The molecule has 0 atom stereocenters. The molecular formula is C25H30ClN2-. The third-order valence-electron chi connectivity index (χ3n) is 7.86. The Kier molecular flexibility index (Phi) is 4.48. The highest BCUT2D eigenvalue weighted by atomic mass is 35.5. The smallest absolute Gasteiger partial charge is 0.0491 e. The van der Waals surface area contributed by atoms with Gasteiger partial charge in [-0.1, -0.05) is 24.3 Å². The van der Waals surface area contributed by atoms with E-state index in [0.717, 1.165) is 30.8 Å². The number of rotatable bonds is 4. The van der Waals surface area contributed by atoms with Crippen LogP contribution >= 0.6 is 0 Å². The molecule has 7 rings (SSSR count). The van der Waals surface area contributed by atoms with Crippen molar-refractivity contribution in [2.45, 2.75) is 64.1 Å². The Labute approximate surface area is 174 Å². The van der Waals surface area contributed by atoms with Crippen LogP contribution in [-0.2, 0) is 13.1 Å². The Morgan fingerprint density at radius 1 is 0.893 bits per heavy atom. The van der Waals surface area contributed by atoms with E-state index in [-0.39, 0.29) is 12.4 Å². The number of halogens is 1. The largest absolute Gasteiger partial charge is 1.00 e. The van der Waals surface area contributed by atoms with Crippen LogP contribution in [0, 0.1) is 17.8 Å². The van der Waals surface area contributed by atoms with Crippen LogP contribution < -0.4 is 17.7 Å². The van der Waals surface area contributed by atoms with Crippen LogP contribution in [0.5, 0.6) is 0 Å². The summed E-state index contributed by atoms with van der Waals surface area (Å²) in [6, 6.07) is 16.0. The number of benzene rings is 2. The Morgan fingerprint density at radius 2 is 1.54 bits per heavy atom. The molecule has 0 spiro atoms. The van der Waals surface area contributed by atoms with Crippen LogP contribution in [0.25, 0.3) is 21.8 Å². The molecule has 0 aliphatic heterocycles. The summed E-state index contributed by atoms with van der Waals surface area (Å²) in [5, 5.41) is 6.88. The van der Waals surface area contributed by atoms with E-state index in [4.69, 9.17) is 0 Å². The highest BCUT2D eigenvalue weighted by Crippen LogP contribution is 2.55. The molecule has 3 heteroatoms. The molecule has 148 valence electrons. The number of nitrogens with one attached hydrogen (secondary N) is 1. The summed E-state index contributed by atoms with van der Waals surface area (Å²) in [4.78, 5) is 0. The molecule has 4 saturated carbocycles. The summed E-state index contributed by atoms with van der Waals surface area (Å²) in [5.41, 5.74) is 4.62. The van der Waals surface area contributed by atoms with Gasteiger partial charge in [0.05, 0.1) is 0 Å². The molecule has 28 heavy (non-hydrogen) atoms. The fourth-order valence-electron chi connectivity index (χ4n) is 7.17. The zero-order valence-corrected chi connectivity index (χ0v) is 17.5. The quantitative estimate of drug-likeness (QED) is 0.721. The van der Waals surface area contributed by atoms with Gasteiger partial charge in [-0.05, 0) is 87.0 Å². The topological polar surface area (TPSA) is 17.0 Å². The van der Waals surface area contributed by atoms with Crippen LogP contribution in [0.4, 0.5) is 0 Å². The molecule has 1 aromatic heterocycles. The van der Waals surface area contributed by atoms with E-state index in [1.807, 2.05) is 0 Å². The zero-order chi connectivity index (χ0) is 18.0. The Morgan fingerprint density at radius 3 is 2.21 bits per heavy atom. The van der Waals surface area contributed by atoms with Gasteiger partial charge >= 0.3 is 0 Å². The van der Waals surface area contributed by atoms with Crippen molar-refractivity contribution < 1.29 is 12.4 Å². The monoisotopic (exact) mass is 393 g/mol. The van der Waals surface area contributed by atoms with Gasteiger partial charge in [0.1, 0.15) is 0 Å². The fourth-order valence-corrected chi connectivity index (χ4v) is 7.17.